The average Bonchev–Trinajstić information content (AvgIpc) is 2.44. The van der Waals surface area contributed by atoms with Gasteiger partial charge in [0, 0.05) is 12.1 Å². The number of hydrogen-bond donors (Lipinski definition) is 1. The Morgan fingerprint density at radius 2 is 1.76 bits per heavy atom. The summed E-state index contributed by atoms with van der Waals surface area (Å²) < 4.78 is 13.7. The Labute approximate surface area is 127 Å². The molecule has 0 spiro atoms. The van der Waals surface area contributed by atoms with E-state index in [9.17, 15) is 4.39 Å². The molecule has 2 aromatic rings. The molecule has 112 valence electrons. The van der Waals surface area contributed by atoms with Crippen LogP contribution in [0.5, 0.6) is 0 Å². The van der Waals surface area contributed by atoms with Crippen LogP contribution in [0.2, 0.25) is 0 Å². The van der Waals surface area contributed by atoms with Crippen molar-refractivity contribution in [3.05, 3.63) is 70.5 Å². The van der Waals surface area contributed by atoms with Gasteiger partial charge in [-0.1, -0.05) is 42.0 Å². The molecule has 2 atom stereocenters. The van der Waals surface area contributed by atoms with E-state index in [0.717, 1.165) is 5.56 Å². The predicted molar refractivity (Wildman–Crippen MR) is 87.0 cm³/mol. The van der Waals surface area contributed by atoms with E-state index in [1.165, 1.54) is 22.8 Å². The maximum atomic E-state index is 13.7. The third kappa shape index (κ3) is 4.15. The van der Waals surface area contributed by atoms with Crippen LogP contribution in [0.1, 0.15) is 42.1 Å². The summed E-state index contributed by atoms with van der Waals surface area (Å²) in [5, 5.41) is 3.57. The highest BCUT2D eigenvalue weighted by molar-refractivity contribution is 5.32. The van der Waals surface area contributed by atoms with Gasteiger partial charge in [-0.25, -0.2) is 4.39 Å². The molecule has 0 saturated heterocycles. The molecular formula is C19H24FN. The predicted octanol–water partition coefficient (Wildman–Crippen LogP) is 4.72. The first-order valence-electron chi connectivity index (χ1n) is 7.54. The Bertz CT molecular complexity index is 606. The van der Waals surface area contributed by atoms with Crippen molar-refractivity contribution in [2.75, 3.05) is 0 Å². The third-order valence-electron chi connectivity index (χ3n) is 3.92. The minimum absolute atomic E-state index is 0.120. The topological polar surface area (TPSA) is 12.0 Å². The van der Waals surface area contributed by atoms with Gasteiger partial charge in [-0.05, 0) is 56.9 Å². The van der Waals surface area contributed by atoms with Crippen molar-refractivity contribution in [3.63, 3.8) is 0 Å². The second-order valence-corrected chi connectivity index (χ2v) is 5.94. The van der Waals surface area contributed by atoms with Gasteiger partial charge in [0.15, 0.2) is 0 Å². The Hall–Kier alpha value is -1.67. The molecule has 2 aromatic carbocycles. The van der Waals surface area contributed by atoms with Crippen molar-refractivity contribution in [2.24, 2.45) is 0 Å². The van der Waals surface area contributed by atoms with Crippen LogP contribution in [0, 0.1) is 19.7 Å². The second kappa shape index (κ2) is 6.86. The molecule has 0 aliphatic carbocycles. The lowest BCUT2D eigenvalue weighted by Crippen LogP contribution is -2.31. The van der Waals surface area contributed by atoms with Crippen molar-refractivity contribution in [1.82, 2.24) is 5.32 Å². The van der Waals surface area contributed by atoms with E-state index in [0.29, 0.717) is 6.42 Å². The monoisotopic (exact) mass is 285 g/mol. The summed E-state index contributed by atoms with van der Waals surface area (Å²) in [6, 6.07) is 14.0. The van der Waals surface area contributed by atoms with Crippen LogP contribution < -0.4 is 5.32 Å². The van der Waals surface area contributed by atoms with Crippen molar-refractivity contribution in [3.8, 4) is 0 Å². The second-order valence-electron chi connectivity index (χ2n) is 5.94. The molecule has 0 heterocycles. The zero-order valence-corrected chi connectivity index (χ0v) is 13.3. The van der Waals surface area contributed by atoms with Gasteiger partial charge < -0.3 is 5.32 Å². The molecule has 0 amide bonds. The van der Waals surface area contributed by atoms with Crippen LogP contribution in [0.3, 0.4) is 0 Å². The Morgan fingerprint density at radius 1 is 1.05 bits per heavy atom. The summed E-state index contributed by atoms with van der Waals surface area (Å²) in [7, 11) is 0. The van der Waals surface area contributed by atoms with Crippen LogP contribution in [-0.4, -0.2) is 6.04 Å². The first-order valence-corrected chi connectivity index (χ1v) is 7.54. The SMILES string of the molecule is Cc1ccc(C)c(C(C)NC(C)Cc2ccccc2F)c1. The summed E-state index contributed by atoms with van der Waals surface area (Å²) in [6.45, 7) is 8.51. The van der Waals surface area contributed by atoms with Crippen molar-refractivity contribution >= 4 is 0 Å². The number of hydrogen-bond acceptors (Lipinski definition) is 1. The van der Waals surface area contributed by atoms with Gasteiger partial charge in [0.05, 0.1) is 0 Å². The molecule has 0 aromatic heterocycles. The fourth-order valence-electron chi connectivity index (χ4n) is 2.80. The van der Waals surface area contributed by atoms with Gasteiger partial charge in [0.1, 0.15) is 5.82 Å². The van der Waals surface area contributed by atoms with Gasteiger partial charge in [-0.2, -0.15) is 0 Å². The molecule has 0 aliphatic heterocycles. The highest BCUT2D eigenvalue weighted by Gasteiger charge is 2.13. The molecule has 2 rings (SSSR count). The Kier molecular flexibility index (Phi) is 5.13. The molecule has 1 N–H and O–H groups in total. The standard InChI is InChI=1S/C19H24FN/c1-13-9-10-14(2)18(11-13)16(4)21-15(3)12-17-7-5-6-8-19(17)20/h5-11,15-16,21H,12H2,1-4H3. The fraction of sp³-hybridized carbons (Fsp3) is 0.368. The highest BCUT2D eigenvalue weighted by Crippen LogP contribution is 2.20. The van der Waals surface area contributed by atoms with E-state index in [2.05, 4.69) is 51.2 Å². The largest absolute Gasteiger partial charge is 0.307 e. The summed E-state index contributed by atoms with van der Waals surface area (Å²) in [4.78, 5) is 0. The smallest absolute Gasteiger partial charge is 0.126 e. The molecule has 0 aliphatic rings. The Balaban J connectivity index is 2.04. The summed E-state index contributed by atoms with van der Waals surface area (Å²) in [5.41, 5.74) is 4.64. The zero-order valence-electron chi connectivity index (χ0n) is 13.3. The first kappa shape index (κ1) is 15.7. The summed E-state index contributed by atoms with van der Waals surface area (Å²) in [5.74, 6) is -0.120. The van der Waals surface area contributed by atoms with Gasteiger partial charge >= 0.3 is 0 Å². The number of nitrogens with one attached hydrogen (secondary N) is 1. The molecule has 2 unspecified atom stereocenters. The van der Waals surface area contributed by atoms with E-state index in [1.807, 2.05) is 12.1 Å². The molecule has 2 heteroatoms. The maximum absolute atomic E-state index is 13.7. The number of benzene rings is 2. The number of halogens is 1. The highest BCUT2D eigenvalue weighted by atomic mass is 19.1. The zero-order chi connectivity index (χ0) is 15.4. The van der Waals surface area contributed by atoms with Crippen LogP contribution in [0.25, 0.3) is 0 Å². The molecule has 21 heavy (non-hydrogen) atoms. The van der Waals surface area contributed by atoms with Crippen LogP contribution in [-0.2, 0) is 6.42 Å². The van der Waals surface area contributed by atoms with E-state index >= 15 is 0 Å². The van der Waals surface area contributed by atoms with E-state index < -0.39 is 0 Å². The minimum atomic E-state index is -0.120. The molecule has 0 saturated carbocycles. The fourth-order valence-corrected chi connectivity index (χ4v) is 2.80. The molecule has 1 nitrogen and oxygen atoms in total. The summed E-state index contributed by atoms with van der Waals surface area (Å²) in [6.07, 6.45) is 0.696. The van der Waals surface area contributed by atoms with Gasteiger partial charge in [-0.3, -0.25) is 0 Å². The lowest BCUT2D eigenvalue weighted by Gasteiger charge is -2.22. The van der Waals surface area contributed by atoms with Crippen LogP contribution in [0.4, 0.5) is 4.39 Å². The van der Waals surface area contributed by atoms with E-state index in [4.69, 9.17) is 0 Å². The van der Waals surface area contributed by atoms with Crippen LogP contribution in [0.15, 0.2) is 42.5 Å². The molecule has 0 radical (unpaired) electrons. The van der Waals surface area contributed by atoms with E-state index in [-0.39, 0.29) is 17.9 Å². The lowest BCUT2D eigenvalue weighted by atomic mass is 9.98. The summed E-state index contributed by atoms with van der Waals surface area (Å²) >= 11 is 0. The first-order chi connectivity index (χ1) is 9.97. The molecular weight excluding hydrogens is 261 g/mol. The van der Waals surface area contributed by atoms with Gasteiger partial charge in [-0.15, -0.1) is 0 Å². The van der Waals surface area contributed by atoms with Crippen LogP contribution >= 0.6 is 0 Å². The molecule has 0 bridgehead atoms. The number of rotatable bonds is 5. The Morgan fingerprint density at radius 3 is 2.48 bits per heavy atom. The maximum Gasteiger partial charge on any atom is 0.126 e. The normalized spacial score (nSPS) is 14.0. The van der Waals surface area contributed by atoms with Gasteiger partial charge in [0.2, 0.25) is 0 Å². The molecule has 0 fully saturated rings. The third-order valence-corrected chi connectivity index (χ3v) is 3.92. The van der Waals surface area contributed by atoms with Crippen molar-refractivity contribution in [2.45, 2.75) is 46.2 Å². The minimum Gasteiger partial charge on any atom is -0.307 e. The van der Waals surface area contributed by atoms with Crippen molar-refractivity contribution < 1.29 is 4.39 Å². The number of aryl methyl sites for hydroxylation is 2. The average molecular weight is 285 g/mol. The van der Waals surface area contributed by atoms with Crippen molar-refractivity contribution in [1.29, 1.82) is 0 Å². The van der Waals surface area contributed by atoms with Gasteiger partial charge in [0.25, 0.3) is 0 Å². The quantitative estimate of drug-likeness (QED) is 0.838. The van der Waals surface area contributed by atoms with E-state index in [1.54, 1.807) is 6.07 Å². The lowest BCUT2D eigenvalue weighted by molar-refractivity contribution is 0.468.